The van der Waals surface area contributed by atoms with Gasteiger partial charge >= 0.3 is 0 Å². The zero-order valence-corrected chi connectivity index (χ0v) is 5.77. The fourth-order valence-corrected chi connectivity index (χ4v) is 0.470. The Balaban J connectivity index is 0.000000354. The molecule has 0 atom stereocenters. The molecule has 1 aromatic carbocycles. The van der Waals surface area contributed by atoms with Gasteiger partial charge in [0, 0.05) is 6.07 Å². The van der Waals surface area contributed by atoms with Crippen molar-refractivity contribution < 1.29 is 18.0 Å². The summed E-state index contributed by atoms with van der Waals surface area (Å²) in [4.78, 5) is 8.35. The quantitative estimate of drug-likeness (QED) is 0.365. The summed E-state index contributed by atoms with van der Waals surface area (Å²) in [6.45, 7) is 0. The SMILES string of the molecule is Fc1ccc(F)c(F)c1.N=C=O. The summed E-state index contributed by atoms with van der Waals surface area (Å²) in [6.07, 6.45) is 0.750. The van der Waals surface area contributed by atoms with Gasteiger partial charge in [-0.05, 0) is 12.1 Å². The number of benzene rings is 1. The maximum absolute atomic E-state index is 12.0. The van der Waals surface area contributed by atoms with Crippen LogP contribution in [0, 0.1) is 22.9 Å². The Hall–Kier alpha value is -1.61. The first-order valence-electron chi connectivity index (χ1n) is 2.76. The van der Waals surface area contributed by atoms with Crippen LogP contribution in [0.2, 0.25) is 0 Å². The summed E-state index contributed by atoms with van der Waals surface area (Å²) in [5.74, 6) is -2.96. The van der Waals surface area contributed by atoms with E-state index in [1.807, 2.05) is 0 Å². The molecule has 0 aromatic heterocycles. The zero-order chi connectivity index (χ0) is 9.56. The van der Waals surface area contributed by atoms with Gasteiger partial charge in [-0.3, -0.25) is 0 Å². The highest BCUT2D eigenvalue weighted by Crippen LogP contribution is 2.05. The first-order valence-corrected chi connectivity index (χ1v) is 2.76. The van der Waals surface area contributed by atoms with Crippen molar-refractivity contribution in [2.75, 3.05) is 0 Å². The van der Waals surface area contributed by atoms with Crippen LogP contribution in [0.15, 0.2) is 18.2 Å². The normalized spacial score (nSPS) is 7.92. The maximum Gasteiger partial charge on any atom is 0.231 e. The molecule has 0 aliphatic carbocycles. The van der Waals surface area contributed by atoms with Crippen LogP contribution in [0.1, 0.15) is 0 Å². The second kappa shape index (κ2) is 5.09. The summed E-state index contributed by atoms with van der Waals surface area (Å²) in [5, 5.41) is 5.40. The van der Waals surface area contributed by atoms with Gasteiger partial charge in [0.15, 0.2) is 11.6 Å². The molecule has 0 saturated carbocycles. The molecule has 0 fully saturated rings. The third-order valence-electron chi connectivity index (χ3n) is 0.882. The van der Waals surface area contributed by atoms with Crippen LogP contribution in [-0.4, -0.2) is 6.08 Å². The molecule has 0 radical (unpaired) electrons. The van der Waals surface area contributed by atoms with Crippen LogP contribution in [0.3, 0.4) is 0 Å². The fraction of sp³-hybridized carbons (Fsp3) is 0. The van der Waals surface area contributed by atoms with E-state index in [2.05, 4.69) is 0 Å². The Morgan fingerprint density at radius 1 is 1.17 bits per heavy atom. The van der Waals surface area contributed by atoms with Crippen molar-refractivity contribution in [1.82, 2.24) is 0 Å². The summed E-state index contributed by atoms with van der Waals surface area (Å²) in [7, 11) is 0. The van der Waals surface area contributed by atoms with E-state index >= 15 is 0 Å². The van der Waals surface area contributed by atoms with Gasteiger partial charge in [0.2, 0.25) is 6.08 Å². The van der Waals surface area contributed by atoms with E-state index in [1.54, 1.807) is 0 Å². The first-order chi connectivity index (χ1) is 5.61. The fourth-order valence-electron chi connectivity index (χ4n) is 0.470. The number of hydrogen-bond acceptors (Lipinski definition) is 2. The van der Waals surface area contributed by atoms with Gasteiger partial charge < -0.3 is 0 Å². The van der Waals surface area contributed by atoms with Gasteiger partial charge in [-0.25, -0.2) is 23.4 Å². The minimum atomic E-state index is -1.16. The number of halogens is 3. The van der Waals surface area contributed by atoms with Gasteiger partial charge in [0.1, 0.15) is 5.82 Å². The molecule has 1 aromatic rings. The van der Waals surface area contributed by atoms with Crippen molar-refractivity contribution in [3.63, 3.8) is 0 Å². The Morgan fingerprint density at radius 3 is 2.00 bits per heavy atom. The Morgan fingerprint density at radius 2 is 1.67 bits per heavy atom. The Bertz CT molecular complexity index is 295. The van der Waals surface area contributed by atoms with Crippen molar-refractivity contribution in [2.45, 2.75) is 0 Å². The molecule has 0 spiro atoms. The molecule has 0 saturated heterocycles. The molecule has 1 N–H and O–H groups in total. The Labute approximate surface area is 66.1 Å². The molecular formula is C7H4F3NO. The van der Waals surface area contributed by atoms with E-state index < -0.39 is 17.5 Å². The number of isocyanates is 1. The van der Waals surface area contributed by atoms with Crippen molar-refractivity contribution in [3.8, 4) is 0 Å². The number of hydrogen-bond donors (Lipinski definition) is 1. The van der Waals surface area contributed by atoms with Crippen LogP contribution in [0.25, 0.3) is 0 Å². The van der Waals surface area contributed by atoms with Crippen molar-refractivity contribution in [1.29, 1.82) is 5.41 Å². The Kier molecular flexibility index (Phi) is 4.41. The average Bonchev–Trinajstić information content (AvgIpc) is 1.99. The first kappa shape index (κ1) is 10.4. The summed E-state index contributed by atoms with van der Waals surface area (Å²) in [6, 6.07) is 2.10. The van der Waals surface area contributed by atoms with E-state index in [1.165, 1.54) is 0 Å². The lowest BCUT2D eigenvalue weighted by Crippen LogP contribution is -1.83. The number of nitrogens with one attached hydrogen (secondary N) is 1. The van der Waals surface area contributed by atoms with Crippen LogP contribution >= 0.6 is 0 Å². The topological polar surface area (TPSA) is 40.9 Å². The molecule has 12 heavy (non-hydrogen) atoms. The van der Waals surface area contributed by atoms with Crippen LogP contribution in [0.4, 0.5) is 13.2 Å². The standard InChI is InChI=1S/C6H3F3.CHNO/c7-4-1-2-5(8)6(9)3-4;2-1-3/h1-3H;2H. The molecule has 5 heteroatoms. The lowest BCUT2D eigenvalue weighted by molar-refractivity contribution is 0.495. The molecule has 0 aliphatic rings. The molecular weight excluding hydrogens is 171 g/mol. The van der Waals surface area contributed by atoms with Gasteiger partial charge in [0.05, 0.1) is 0 Å². The molecule has 64 valence electrons. The summed E-state index contributed by atoms with van der Waals surface area (Å²) >= 11 is 0. The predicted molar refractivity (Wildman–Crippen MR) is 34.7 cm³/mol. The van der Waals surface area contributed by atoms with Crippen molar-refractivity contribution >= 4 is 6.08 Å². The molecule has 2 nitrogen and oxygen atoms in total. The third kappa shape index (κ3) is 3.53. The van der Waals surface area contributed by atoms with Gasteiger partial charge in [-0.1, -0.05) is 0 Å². The maximum atomic E-state index is 12.0. The second-order valence-electron chi connectivity index (χ2n) is 1.66. The minimum Gasteiger partial charge on any atom is -0.222 e. The van der Waals surface area contributed by atoms with Crippen LogP contribution < -0.4 is 0 Å². The van der Waals surface area contributed by atoms with Crippen molar-refractivity contribution in [2.24, 2.45) is 0 Å². The molecule has 0 amide bonds. The minimum absolute atomic E-state index is 0.495. The van der Waals surface area contributed by atoms with E-state index in [0.717, 1.165) is 18.2 Å². The summed E-state index contributed by atoms with van der Waals surface area (Å²) < 4.78 is 35.9. The van der Waals surface area contributed by atoms with E-state index in [9.17, 15) is 13.2 Å². The van der Waals surface area contributed by atoms with Gasteiger partial charge in [-0.15, -0.1) is 0 Å². The highest BCUT2D eigenvalue weighted by Gasteiger charge is 1.99. The zero-order valence-electron chi connectivity index (χ0n) is 5.77. The lowest BCUT2D eigenvalue weighted by atomic mass is 10.3. The van der Waals surface area contributed by atoms with Gasteiger partial charge in [0.25, 0.3) is 0 Å². The monoisotopic (exact) mass is 175 g/mol. The van der Waals surface area contributed by atoms with Crippen LogP contribution in [-0.2, 0) is 4.79 Å². The number of rotatable bonds is 0. The molecule has 1 rings (SSSR count). The molecule has 0 heterocycles. The second-order valence-corrected chi connectivity index (χ2v) is 1.66. The smallest absolute Gasteiger partial charge is 0.222 e. The molecule has 0 aliphatic heterocycles. The van der Waals surface area contributed by atoms with E-state index in [0.29, 0.717) is 6.07 Å². The van der Waals surface area contributed by atoms with Crippen molar-refractivity contribution in [3.05, 3.63) is 35.7 Å². The van der Waals surface area contributed by atoms with Crippen LogP contribution in [0.5, 0.6) is 0 Å². The average molecular weight is 175 g/mol. The third-order valence-corrected chi connectivity index (χ3v) is 0.882. The van der Waals surface area contributed by atoms with E-state index in [-0.39, 0.29) is 0 Å². The summed E-state index contributed by atoms with van der Waals surface area (Å²) in [5.41, 5.74) is 0. The number of carbonyl (C=O) groups excluding carboxylic acids is 1. The highest BCUT2D eigenvalue weighted by molar-refractivity contribution is 5.26. The highest BCUT2D eigenvalue weighted by atomic mass is 19.2. The lowest BCUT2D eigenvalue weighted by Gasteiger charge is -1.88. The largest absolute Gasteiger partial charge is 0.231 e. The molecule has 0 unspecified atom stereocenters. The predicted octanol–water partition coefficient (Wildman–Crippen LogP) is 2.00. The van der Waals surface area contributed by atoms with E-state index in [4.69, 9.17) is 10.2 Å². The van der Waals surface area contributed by atoms with Gasteiger partial charge in [-0.2, -0.15) is 0 Å². The molecule has 0 bridgehead atoms.